The van der Waals surface area contributed by atoms with Crippen LogP contribution in [0.5, 0.6) is 0 Å². The van der Waals surface area contributed by atoms with E-state index in [9.17, 15) is 4.79 Å². The average Bonchev–Trinajstić information content (AvgIpc) is 2.74. The minimum absolute atomic E-state index is 0.0122. The van der Waals surface area contributed by atoms with Crippen LogP contribution >= 0.6 is 0 Å². The van der Waals surface area contributed by atoms with Crippen molar-refractivity contribution in [2.24, 2.45) is 0 Å². The summed E-state index contributed by atoms with van der Waals surface area (Å²) < 4.78 is 0. The lowest BCUT2D eigenvalue weighted by Crippen LogP contribution is -2.50. The van der Waals surface area contributed by atoms with Gasteiger partial charge in [-0.2, -0.15) is 0 Å². The zero-order chi connectivity index (χ0) is 20.1. The second-order valence-electron chi connectivity index (χ2n) is 7.47. The molecule has 2 amide bonds. The molecule has 0 bridgehead atoms. The number of anilines is 3. The fourth-order valence-electron chi connectivity index (χ4n) is 3.72. The van der Waals surface area contributed by atoms with Crippen LogP contribution in [0.25, 0.3) is 0 Å². The minimum atomic E-state index is 0.0122. The molecule has 0 spiro atoms. The average molecular weight is 381 g/mol. The molecule has 5 heteroatoms. The van der Waals surface area contributed by atoms with Crippen LogP contribution in [0.2, 0.25) is 0 Å². The Kier molecular flexibility index (Phi) is 6.45. The molecule has 1 heterocycles. The number of rotatable bonds is 5. The monoisotopic (exact) mass is 380 g/mol. The van der Waals surface area contributed by atoms with Gasteiger partial charge in [-0.1, -0.05) is 32.0 Å². The maximum absolute atomic E-state index is 12.9. The summed E-state index contributed by atoms with van der Waals surface area (Å²) in [5, 5.41) is 3.19. The van der Waals surface area contributed by atoms with Gasteiger partial charge in [-0.15, -0.1) is 0 Å². The van der Waals surface area contributed by atoms with Crippen molar-refractivity contribution in [2.45, 2.75) is 26.7 Å². The van der Waals surface area contributed by atoms with Gasteiger partial charge in [0, 0.05) is 57.3 Å². The second-order valence-corrected chi connectivity index (χ2v) is 7.47. The van der Waals surface area contributed by atoms with E-state index in [1.807, 2.05) is 19.0 Å². The summed E-state index contributed by atoms with van der Waals surface area (Å²) >= 11 is 0. The molecule has 2 aromatic carbocycles. The molecule has 3 rings (SSSR count). The van der Waals surface area contributed by atoms with E-state index in [0.717, 1.165) is 44.7 Å². The number of aryl methyl sites for hydroxylation is 2. The number of hydrogen-bond donors (Lipinski definition) is 1. The Bertz CT molecular complexity index is 770. The first-order chi connectivity index (χ1) is 13.5. The SMILES string of the molecule is CCc1cccc(CC)c1NC(=O)N1CCN(c2ccc(N(C)C)cc2)CC1. The zero-order valence-electron chi connectivity index (χ0n) is 17.5. The highest BCUT2D eigenvalue weighted by Gasteiger charge is 2.22. The Morgan fingerprint density at radius 2 is 1.50 bits per heavy atom. The molecule has 1 aliphatic heterocycles. The van der Waals surface area contributed by atoms with Gasteiger partial charge in [0.05, 0.1) is 0 Å². The van der Waals surface area contributed by atoms with Crippen LogP contribution in [0, 0.1) is 0 Å². The molecule has 0 aliphatic carbocycles. The number of para-hydroxylation sites is 1. The maximum Gasteiger partial charge on any atom is 0.321 e. The zero-order valence-corrected chi connectivity index (χ0v) is 17.5. The number of amides is 2. The first kappa shape index (κ1) is 20.1. The van der Waals surface area contributed by atoms with Crippen molar-refractivity contribution in [1.82, 2.24) is 4.90 Å². The van der Waals surface area contributed by atoms with Gasteiger partial charge in [-0.05, 0) is 48.2 Å². The smallest absolute Gasteiger partial charge is 0.321 e. The molecule has 28 heavy (non-hydrogen) atoms. The number of nitrogens with zero attached hydrogens (tertiary/aromatic N) is 3. The van der Waals surface area contributed by atoms with Crippen molar-refractivity contribution in [3.63, 3.8) is 0 Å². The molecule has 1 saturated heterocycles. The molecule has 0 atom stereocenters. The Labute approximate surface area is 168 Å². The lowest BCUT2D eigenvalue weighted by molar-refractivity contribution is 0.208. The number of carbonyl (C=O) groups is 1. The van der Waals surface area contributed by atoms with Crippen LogP contribution in [0.1, 0.15) is 25.0 Å². The highest BCUT2D eigenvalue weighted by Crippen LogP contribution is 2.24. The highest BCUT2D eigenvalue weighted by molar-refractivity contribution is 5.91. The van der Waals surface area contributed by atoms with Gasteiger partial charge in [-0.25, -0.2) is 4.79 Å². The van der Waals surface area contributed by atoms with Crippen LogP contribution in [-0.4, -0.2) is 51.2 Å². The molecule has 1 aliphatic rings. The second kappa shape index (κ2) is 9.00. The molecule has 1 fully saturated rings. The predicted octanol–water partition coefficient (Wildman–Crippen LogP) is 4.23. The summed E-state index contributed by atoms with van der Waals surface area (Å²) in [4.78, 5) is 19.2. The van der Waals surface area contributed by atoms with Crippen LogP contribution < -0.4 is 15.1 Å². The van der Waals surface area contributed by atoms with Crippen LogP contribution in [0.15, 0.2) is 42.5 Å². The largest absolute Gasteiger partial charge is 0.378 e. The van der Waals surface area contributed by atoms with E-state index in [1.165, 1.54) is 22.5 Å². The Balaban J connectivity index is 1.61. The molecule has 0 unspecified atom stereocenters. The fourth-order valence-corrected chi connectivity index (χ4v) is 3.72. The molecule has 150 valence electrons. The van der Waals surface area contributed by atoms with Gasteiger partial charge >= 0.3 is 6.03 Å². The van der Waals surface area contributed by atoms with Crippen LogP contribution in [0.3, 0.4) is 0 Å². The molecule has 5 nitrogen and oxygen atoms in total. The Morgan fingerprint density at radius 1 is 0.929 bits per heavy atom. The molecular formula is C23H32N4O. The number of urea groups is 1. The normalized spacial score (nSPS) is 14.1. The van der Waals surface area contributed by atoms with Gasteiger partial charge in [0.1, 0.15) is 0 Å². The molecule has 0 saturated carbocycles. The maximum atomic E-state index is 12.9. The summed E-state index contributed by atoms with van der Waals surface area (Å²) in [6.07, 6.45) is 1.83. The molecule has 1 N–H and O–H groups in total. The van der Waals surface area contributed by atoms with E-state index in [4.69, 9.17) is 0 Å². The molecule has 2 aromatic rings. The lowest BCUT2D eigenvalue weighted by Gasteiger charge is -2.36. The van der Waals surface area contributed by atoms with Crippen molar-refractivity contribution in [1.29, 1.82) is 0 Å². The number of piperazine rings is 1. The summed E-state index contributed by atoms with van der Waals surface area (Å²) in [6.45, 7) is 7.43. The van der Waals surface area contributed by atoms with Gasteiger partial charge < -0.3 is 20.0 Å². The molecule has 0 radical (unpaired) electrons. The van der Waals surface area contributed by atoms with E-state index < -0.39 is 0 Å². The van der Waals surface area contributed by atoms with E-state index in [1.54, 1.807) is 0 Å². The van der Waals surface area contributed by atoms with E-state index in [2.05, 4.69) is 71.4 Å². The van der Waals surface area contributed by atoms with Crippen molar-refractivity contribution < 1.29 is 4.79 Å². The third-order valence-electron chi connectivity index (χ3n) is 5.53. The predicted molar refractivity (Wildman–Crippen MR) is 119 cm³/mol. The summed E-state index contributed by atoms with van der Waals surface area (Å²) in [5.74, 6) is 0. The van der Waals surface area contributed by atoms with E-state index >= 15 is 0 Å². The lowest BCUT2D eigenvalue weighted by atomic mass is 10.0. The van der Waals surface area contributed by atoms with Gasteiger partial charge in [0.2, 0.25) is 0 Å². The van der Waals surface area contributed by atoms with Crippen molar-refractivity contribution in [3.8, 4) is 0 Å². The van der Waals surface area contributed by atoms with E-state index in [-0.39, 0.29) is 6.03 Å². The third-order valence-corrected chi connectivity index (χ3v) is 5.53. The summed E-state index contributed by atoms with van der Waals surface area (Å²) in [6, 6.07) is 14.9. The van der Waals surface area contributed by atoms with Crippen LogP contribution in [-0.2, 0) is 12.8 Å². The third kappa shape index (κ3) is 4.41. The highest BCUT2D eigenvalue weighted by atomic mass is 16.2. The first-order valence-corrected chi connectivity index (χ1v) is 10.2. The standard InChI is InChI=1S/C23H32N4O/c1-5-18-8-7-9-19(6-2)22(18)24-23(28)27-16-14-26(15-17-27)21-12-10-20(11-13-21)25(3)4/h7-13H,5-6,14-17H2,1-4H3,(H,24,28). The van der Waals surface area contributed by atoms with Crippen molar-refractivity contribution in [2.75, 3.05) is 55.4 Å². The minimum Gasteiger partial charge on any atom is -0.378 e. The van der Waals surface area contributed by atoms with Crippen molar-refractivity contribution in [3.05, 3.63) is 53.6 Å². The topological polar surface area (TPSA) is 38.8 Å². The fraction of sp³-hybridized carbons (Fsp3) is 0.435. The number of nitrogens with one attached hydrogen (secondary N) is 1. The molecule has 0 aromatic heterocycles. The van der Waals surface area contributed by atoms with Crippen molar-refractivity contribution >= 4 is 23.1 Å². The molecular weight excluding hydrogens is 348 g/mol. The van der Waals surface area contributed by atoms with Gasteiger partial charge in [0.15, 0.2) is 0 Å². The summed E-state index contributed by atoms with van der Waals surface area (Å²) in [5.41, 5.74) is 5.82. The number of benzene rings is 2. The Hall–Kier alpha value is -2.69. The quantitative estimate of drug-likeness (QED) is 0.844. The van der Waals surface area contributed by atoms with Crippen LogP contribution in [0.4, 0.5) is 21.9 Å². The number of carbonyl (C=O) groups excluding carboxylic acids is 1. The van der Waals surface area contributed by atoms with Gasteiger partial charge in [0.25, 0.3) is 0 Å². The Morgan fingerprint density at radius 3 is 2.00 bits per heavy atom. The van der Waals surface area contributed by atoms with E-state index in [0.29, 0.717) is 0 Å². The van der Waals surface area contributed by atoms with Gasteiger partial charge in [-0.3, -0.25) is 0 Å². The first-order valence-electron chi connectivity index (χ1n) is 10.2. The number of hydrogen-bond acceptors (Lipinski definition) is 3. The summed E-state index contributed by atoms with van der Waals surface area (Å²) in [7, 11) is 4.10.